The van der Waals surface area contributed by atoms with Gasteiger partial charge in [-0.3, -0.25) is 0 Å². The normalized spacial score (nSPS) is 25.7. The van der Waals surface area contributed by atoms with Crippen LogP contribution >= 0.6 is 11.6 Å². The van der Waals surface area contributed by atoms with Crippen molar-refractivity contribution in [2.75, 3.05) is 19.7 Å². The molecule has 0 spiro atoms. The van der Waals surface area contributed by atoms with Gasteiger partial charge in [-0.05, 0) is 49.9 Å². The van der Waals surface area contributed by atoms with Crippen LogP contribution in [0.15, 0.2) is 18.2 Å². The molecule has 0 amide bonds. The second-order valence-electron chi connectivity index (χ2n) is 6.56. The van der Waals surface area contributed by atoms with Gasteiger partial charge < -0.3 is 10.1 Å². The zero-order chi connectivity index (χ0) is 15.5. The molecule has 0 aliphatic carbocycles. The van der Waals surface area contributed by atoms with E-state index >= 15 is 0 Å². The average Bonchev–Trinajstić information content (AvgIpc) is 2.74. The fourth-order valence-corrected chi connectivity index (χ4v) is 3.23. The van der Waals surface area contributed by atoms with Crippen molar-refractivity contribution in [1.82, 2.24) is 5.32 Å². The Morgan fingerprint density at radius 2 is 2.24 bits per heavy atom. The molecule has 0 aromatic heterocycles. The van der Waals surface area contributed by atoms with Gasteiger partial charge in [0, 0.05) is 23.6 Å². The first-order chi connectivity index (χ1) is 9.93. The minimum Gasteiger partial charge on any atom is -0.378 e. The Balaban J connectivity index is 2.12. The predicted octanol–water partition coefficient (Wildman–Crippen LogP) is 4.06. The van der Waals surface area contributed by atoms with E-state index in [4.69, 9.17) is 16.3 Å². The molecule has 1 heterocycles. The second kappa shape index (κ2) is 7.08. The van der Waals surface area contributed by atoms with E-state index in [1.807, 2.05) is 0 Å². The molecule has 0 bridgehead atoms. The van der Waals surface area contributed by atoms with Crippen molar-refractivity contribution in [2.45, 2.75) is 39.7 Å². The molecule has 2 unspecified atom stereocenters. The van der Waals surface area contributed by atoms with Crippen molar-refractivity contribution in [1.29, 1.82) is 0 Å². The van der Waals surface area contributed by atoms with Crippen molar-refractivity contribution in [2.24, 2.45) is 11.3 Å². The number of halogens is 2. The largest absolute Gasteiger partial charge is 0.378 e. The summed E-state index contributed by atoms with van der Waals surface area (Å²) in [6.07, 6.45) is 2.00. The van der Waals surface area contributed by atoms with Crippen molar-refractivity contribution in [3.63, 3.8) is 0 Å². The van der Waals surface area contributed by atoms with Crippen molar-refractivity contribution < 1.29 is 9.13 Å². The van der Waals surface area contributed by atoms with Gasteiger partial charge in [-0.2, -0.15) is 0 Å². The van der Waals surface area contributed by atoms with E-state index in [9.17, 15) is 4.39 Å². The Kier molecular flexibility index (Phi) is 5.64. The summed E-state index contributed by atoms with van der Waals surface area (Å²) >= 11 is 6.20. The van der Waals surface area contributed by atoms with E-state index in [-0.39, 0.29) is 17.3 Å². The lowest BCUT2D eigenvalue weighted by Gasteiger charge is -2.33. The number of ether oxygens (including phenoxy) is 1. The van der Waals surface area contributed by atoms with E-state index in [0.29, 0.717) is 10.9 Å². The minimum atomic E-state index is -0.286. The van der Waals surface area contributed by atoms with Crippen LogP contribution in [0, 0.1) is 17.2 Å². The van der Waals surface area contributed by atoms with Crippen molar-refractivity contribution >= 4 is 11.6 Å². The summed E-state index contributed by atoms with van der Waals surface area (Å²) in [7, 11) is 0. The van der Waals surface area contributed by atoms with Gasteiger partial charge in [0.1, 0.15) is 5.82 Å². The van der Waals surface area contributed by atoms with Gasteiger partial charge in [-0.1, -0.05) is 31.5 Å². The van der Waals surface area contributed by atoms with Crippen LogP contribution in [-0.4, -0.2) is 25.8 Å². The van der Waals surface area contributed by atoms with Crippen LogP contribution in [0.25, 0.3) is 0 Å². The molecule has 1 aliphatic rings. The first-order valence-electron chi connectivity index (χ1n) is 7.69. The Labute approximate surface area is 132 Å². The van der Waals surface area contributed by atoms with E-state index in [2.05, 4.69) is 26.1 Å². The van der Waals surface area contributed by atoms with Gasteiger partial charge in [-0.15, -0.1) is 0 Å². The lowest BCUT2D eigenvalue weighted by molar-refractivity contribution is 0.0627. The van der Waals surface area contributed by atoms with Crippen molar-refractivity contribution in [3.05, 3.63) is 34.6 Å². The number of nitrogens with one attached hydrogen (secondary N) is 1. The highest BCUT2D eigenvalue weighted by molar-refractivity contribution is 6.31. The molecule has 1 saturated heterocycles. The predicted molar refractivity (Wildman–Crippen MR) is 85.3 cm³/mol. The molecule has 1 fully saturated rings. The molecule has 4 heteroatoms. The van der Waals surface area contributed by atoms with Crippen molar-refractivity contribution in [3.8, 4) is 0 Å². The molecule has 2 rings (SSSR count). The third kappa shape index (κ3) is 4.18. The maximum atomic E-state index is 13.2. The molecule has 0 radical (unpaired) electrons. The van der Waals surface area contributed by atoms with Crippen LogP contribution in [0.3, 0.4) is 0 Å². The van der Waals surface area contributed by atoms with Crippen LogP contribution in [-0.2, 0) is 11.2 Å². The van der Waals surface area contributed by atoms with Gasteiger partial charge in [0.05, 0.1) is 6.10 Å². The van der Waals surface area contributed by atoms with E-state index in [0.717, 1.165) is 38.1 Å². The first-order valence-corrected chi connectivity index (χ1v) is 8.07. The molecule has 118 valence electrons. The SMILES string of the molecule is CC(C)CNCC1(Cc2ccc(F)cc2Cl)CCOC1C. The number of hydrogen-bond acceptors (Lipinski definition) is 2. The molecule has 1 aromatic rings. The van der Waals surface area contributed by atoms with Crippen LogP contribution in [0.1, 0.15) is 32.8 Å². The van der Waals surface area contributed by atoms with Gasteiger partial charge >= 0.3 is 0 Å². The zero-order valence-corrected chi connectivity index (χ0v) is 13.8. The molecule has 0 saturated carbocycles. The highest BCUT2D eigenvalue weighted by Crippen LogP contribution is 2.39. The summed E-state index contributed by atoms with van der Waals surface area (Å²) in [5.41, 5.74) is 1.04. The molecule has 21 heavy (non-hydrogen) atoms. The molecule has 1 aliphatic heterocycles. The number of rotatable bonds is 6. The van der Waals surface area contributed by atoms with Crippen LogP contribution in [0.5, 0.6) is 0 Å². The highest BCUT2D eigenvalue weighted by atomic mass is 35.5. The third-order valence-corrected chi connectivity index (χ3v) is 4.77. The maximum absolute atomic E-state index is 13.2. The second-order valence-corrected chi connectivity index (χ2v) is 6.97. The summed E-state index contributed by atoms with van der Waals surface area (Å²) in [4.78, 5) is 0. The monoisotopic (exact) mass is 313 g/mol. The maximum Gasteiger partial charge on any atom is 0.124 e. The summed E-state index contributed by atoms with van der Waals surface area (Å²) < 4.78 is 19.0. The number of benzene rings is 1. The molecule has 1 N–H and O–H groups in total. The fourth-order valence-electron chi connectivity index (χ4n) is 3.00. The zero-order valence-electron chi connectivity index (χ0n) is 13.1. The molecular formula is C17H25ClFNO. The molecule has 2 atom stereocenters. The Bertz CT molecular complexity index is 480. The fraction of sp³-hybridized carbons (Fsp3) is 0.647. The smallest absolute Gasteiger partial charge is 0.124 e. The lowest BCUT2D eigenvalue weighted by Crippen LogP contribution is -2.42. The Hall–Kier alpha value is -0.640. The van der Waals surface area contributed by atoms with Crippen LogP contribution in [0.4, 0.5) is 4.39 Å². The molecular weight excluding hydrogens is 289 g/mol. The quantitative estimate of drug-likeness (QED) is 0.855. The lowest BCUT2D eigenvalue weighted by atomic mass is 9.76. The number of hydrogen-bond donors (Lipinski definition) is 1. The summed E-state index contributed by atoms with van der Waals surface area (Å²) in [6.45, 7) is 9.20. The van der Waals surface area contributed by atoms with Gasteiger partial charge in [0.15, 0.2) is 0 Å². The van der Waals surface area contributed by atoms with E-state index in [1.165, 1.54) is 12.1 Å². The molecule has 2 nitrogen and oxygen atoms in total. The summed E-state index contributed by atoms with van der Waals surface area (Å²) in [6, 6.07) is 4.68. The van der Waals surface area contributed by atoms with Crippen LogP contribution in [0.2, 0.25) is 5.02 Å². The molecule has 1 aromatic carbocycles. The topological polar surface area (TPSA) is 21.3 Å². The van der Waals surface area contributed by atoms with Gasteiger partial charge in [0.2, 0.25) is 0 Å². The minimum absolute atomic E-state index is 0.0381. The third-order valence-electron chi connectivity index (χ3n) is 4.42. The van der Waals surface area contributed by atoms with E-state index < -0.39 is 0 Å². The van der Waals surface area contributed by atoms with Gasteiger partial charge in [-0.25, -0.2) is 4.39 Å². The highest BCUT2D eigenvalue weighted by Gasteiger charge is 2.41. The van der Waals surface area contributed by atoms with E-state index in [1.54, 1.807) is 6.07 Å². The summed E-state index contributed by atoms with van der Waals surface area (Å²) in [5, 5.41) is 4.06. The average molecular weight is 314 g/mol. The first kappa shape index (κ1) is 16.7. The standard InChI is InChI=1S/C17H25ClFNO/c1-12(2)10-20-11-17(6-7-21-13(17)3)9-14-4-5-15(19)8-16(14)18/h4-5,8,12-13,20H,6-7,9-11H2,1-3H3. The Morgan fingerprint density at radius 1 is 1.48 bits per heavy atom. The Morgan fingerprint density at radius 3 is 2.81 bits per heavy atom. The van der Waals surface area contributed by atoms with Gasteiger partial charge in [0.25, 0.3) is 0 Å². The van der Waals surface area contributed by atoms with Crippen LogP contribution < -0.4 is 5.32 Å². The summed E-state index contributed by atoms with van der Waals surface area (Å²) in [5.74, 6) is 0.334.